The largest absolute Gasteiger partial charge is 0.354 e. The van der Waals surface area contributed by atoms with Crippen molar-refractivity contribution in [1.29, 1.82) is 0 Å². The summed E-state index contributed by atoms with van der Waals surface area (Å²) in [7, 11) is 0. The van der Waals surface area contributed by atoms with Crippen LogP contribution in [0.2, 0.25) is 0 Å². The van der Waals surface area contributed by atoms with E-state index in [1.54, 1.807) is 0 Å². The summed E-state index contributed by atoms with van der Waals surface area (Å²) in [6, 6.07) is 0. The Balaban J connectivity index is 0.000000492. The van der Waals surface area contributed by atoms with E-state index in [4.69, 9.17) is 23.1 Å². The van der Waals surface area contributed by atoms with Crippen molar-refractivity contribution >= 4 is 28.7 Å². The third-order valence-corrected chi connectivity index (χ3v) is 11.2. The Hall–Kier alpha value is -1.18. The zero-order valence-corrected chi connectivity index (χ0v) is 31.1. The first kappa shape index (κ1) is 41.8. The summed E-state index contributed by atoms with van der Waals surface area (Å²) in [4.78, 5) is 36.8. The van der Waals surface area contributed by atoms with Gasteiger partial charge in [0.2, 0.25) is 17.1 Å². The highest BCUT2D eigenvalue weighted by Crippen LogP contribution is 2.40. The number of nitrogens with one attached hydrogen (secondary N) is 2. The quantitative estimate of drug-likeness (QED) is 0.149. The van der Waals surface area contributed by atoms with Gasteiger partial charge in [0.25, 0.3) is 0 Å². The molecule has 6 N–H and O–H groups in total. The molecule has 3 aliphatic rings. The summed E-state index contributed by atoms with van der Waals surface area (Å²) >= 11 is 5.62. The van der Waals surface area contributed by atoms with Gasteiger partial charge in [0.1, 0.15) is 0 Å². The summed E-state index contributed by atoms with van der Waals surface area (Å²) in [6.45, 7) is 22.3. The molecule has 0 heterocycles. The molecule has 8 heteroatoms. The van der Waals surface area contributed by atoms with E-state index in [0.29, 0.717) is 79.4 Å². The number of rotatable bonds is 10. The third kappa shape index (κ3) is 14.6. The number of hydrogen-bond acceptors (Lipinski definition) is 5. The Morgan fingerprint density at radius 3 is 1.13 bits per heavy atom. The summed E-state index contributed by atoms with van der Waals surface area (Å²) in [5, 5.41) is 6.09. The highest BCUT2D eigenvalue weighted by atomic mass is 35.5. The maximum Gasteiger partial charge on any atom is 0.225 e. The van der Waals surface area contributed by atoms with Gasteiger partial charge in [-0.15, -0.1) is 0 Å². The van der Waals surface area contributed by atoms with Gasteiger partial charge < -0.3 is 22.1 Å². The summed E-state index contributed by atoms with van der Waals surface area (Å²) in [5.74, 6) is 5.84. The smallest absolute Gasteiger partial charge is 0.225 e. The Morgan fingerprint density at radius 2 is 0.867 bits per heavy atom. The minimum absolute atomic E-state index is 0.116. The molecule has 264 valence electrons. The average Bonchev–Trinajstić information content (AvgIpc) is 2.98. The van der Waals surface area contributed by atoms with E-state index in [0.717, 1.165) is 32.1 Å². The first-order valence-corrected chi connectivity index (χ1v) is 18.7. The molecular weight excluding hydrogens is 584 g/mol. The van der Waals surface area contributed by atoms with E-state index in [1.807, 2.05) is 0 Å². The molecule has 3 fully saturated rings. The lowest BCUT2D eigenvalue weighted by Gasteiger charge is -2.37. The second-order valence-corrected chi connectivity index (χ2v) is 16.1. The van der Waals surface area contributed by atoms with Crippen LogP contribution in [0.3, 0.4) is 0 Å². The first-order chi connectivity index (χ1) is 21.1. The van der Waals surface area contributed by atoms with E-state index < -0.39 is 0 Å². The fourth-order valence-corrected chi connectivity index (χ4v) is 8.36. The SMILES string of the molecule is CC(C)[C@@H]1CC[C@@H](C)CC1C(=O)NCCNC(=O)[C@@H]1C[C@H](C)CC[C@H]1C(C)C.CC(C)[C@@H]1CC[C@@H](C)C[C@H]1C(=O)Cl.NCCN. The molecule has 7 nitrogen and oxygen atoms in total. The highest BCUT2D eigenvalue weighted by Gasteiger charge is 2.37. The standard InChI is InChI=1S/C24H44N2O2.C11H19ClO.C2H8N2/c1-15(2)19-9-7-17(5)13-21(19)23(27)25-11-12-26-24(28)22-14-18(6)8-10-20(22)16(3)4;1-7(2)9-5-4-8(3)6-10(9)11(12)13;3-1-2-4/h15-22H,7-14H2,1-6H3,(H,25,27)(H,26,28);7-10H,4-6H2,1-3H3;1-4H2/t17-,18-,19+,20+,21-,22?;8-,9+,10-;/m11./s1. The summed E-state index contributed by atoms with van der Waals surface area (Å²) in [6.07, 6.45) is 10.2. The maximum absolute atomic E-state index is 12.8. The number of carbonyl (C=O) groups excluding carboxylic acids is 3. The van der Waals surface area contributed by atoms with Crippen LogP contribution < -0.4 is 22.1 Å². The van der Waals surface area contributed by atoms with E-state index in [2.05, 4.69) is 72.9 Å². The van der Waals surface area contributed by atoms with Gasteiger partial charge in [-0.25, -0.2) is 0 Å². The van der Waals surface area contributed by atoms with Crippen LogP contribution in [-0.2, 0) is 14.4 Å². The number of amides is 2. The number of carbonyl (C=O) groups is 3. The van der Waals surface area contributed by atoms with Crippen molar-refractivity contribution in [2.24, 2.45) is 82.5 Å². The minimum atomic E-state index is -0.120. The molecule has 3 saturated carbocycles. The van der Waals surface area contributed by atoms with E-state index >= 15 is 0 Å². The Labute approximate surface area is 281 Å². The van der Waals surface area contributed by atoms with Crippen LogP contribution in [0, 0.1) is 71.0 Å². The van der Waals surface area contributed by atoms with Gasteiger partial charge in [-0.1, -0.05) is 81.6 Å². The average molecular weight is 655 g/mol. The molecule has 0 spiro atoms. The molecule has 0 bridgehead atoms. The first-order valence-electron chi connectivity index (χ1n) is 18.3. The lowest BCUT2D eigenvalue weighted by atomic mass is 9.69. The molecule has 3 aliphatic carbocycles. The molecule has 0 aliphatic heterocycles. The Bertz CT molecular complexity index is 819. The minimum Gasteiger partial charge on any atom is -0.354 e. The molecule has 3 rings (SSSR count). The van der Waals surface area contributed by atoms with Crippen LogP contribution >= 0.6 is 11.6 Å². The van der Waals surface area contributed by atoms with Gasteiger partial charge in [-0.3, -0.25) is 14.4 Å². The molecule has 0 saturated heterocycles. The van der Waals surface area contributed by atoms with Gasteiger partial charge >= 0.3 is 0 Å². The molecule has 45 heavy (non-hydrogen) atoms. The van der Waals surface area contributed by atoms with Crippen molar-refractivity contribution in [3.05, 3.63) is 0 Å². The summed E-state index contributed by atoms with van der Waals surface area (Å²) < 4.78 is 0. The van der Waals surface area contributed by atoms with Crippen LogP contribution in [0.4, 0.5) is 0 Å². The van der Waals surface area contributed by atoms with E-state index in [-0.39, 0.29) is 34.8 Å². The highest BCUT2D eigenvalue weighted by molar-refractivity contribution is 6.64. The predicted molar refractivity (Wildman–Crippen MR) is 189 cm³/mol. The summed E-state index contributed by atoms with van der Waals surface area (Å²) in [5.41, 5.74) is 9.81. The third-order valence-electron chi connectivity index (χ3n) is 10.9. The van der Waals surface area contributed by atoms with Crippen molar-refractivity contribution in [1.82, 2.24) is 10.6 Å². The lowest BCUT2D eigenvalue weighted by Crippen LogP contribution is -2.45. The van der Waals surface area contributed by atoms with Crippen LogP contribution in [0.1, 0.15) is 120 Å². The van der Waals surface area contributed by atoms with Crippen molar-refractivity contribution in [2.75, 3.05) is 26.2 Å². The van der Waals surface area contributed by atoms with Crippen molar-refractivity contribution < 1.29 is 14.4 Å². The van der Waals surface area contributed by atoms with Crippen molar-refractivity contribution in [3.8, 4) is 0 Å². The van der Waals surface area contributed by atoms with Crippen LogP contribution in [0.5, 0.6) is 0 Å². The fourth-order valence-electron chi connectivity index (χ4n) is 8.10. The number of nitrogens with two attached hydrogens (primary N) is 2. The normalized spacial score (nSPS) is 31.8. The number of halogens is 1. The molecule has 0 aromatic heterocycles. The second kappa shape index (κ2) is 21.6. The topological polar surface area (TPSA) is 127 Å². The Kier molecular flexibility index (Phi) is 20.1. The van der Waals surface area contributed by atoms with Gasteiger partial charge in [-0.2, -0.15) is 0 Å². The van der Waals surface area contributed by atoms with Crippen LogP contribution in [0.15, 0.2) is 0 Å². The molecule has 0 aromatic rings. The monoisotopic (exact) mass is 655 g/mol. The van der Waals surface area contributed by atoms with Crippen molar-refractivity contribution in [2.45, 2.75) is 120 Å². The molecule has 2 amide bonds. The second-order valence-electron chi connectivity index (χ2n) is 15.8. The molecular formula is C37H71ClN4O3. The van der Waals surface area contributed by atoms with Crippen LogP contribution in [-0.4, -0.2) is 43.2 Å². The molecule has 1 unspecified atom stereocenters. The molecule has 0 aromatic carbocycles. The van der Waals surface area contributed by atoms with Gasteiger partial charge in [0, 0.05) is 43.9 Å². The fraction of sp³-hybridized carbons (Fsp3) is 0.919. The maximum atomic E-state index is 12.8. The van der Waals surface area contributed by atoms with Crippen LogP contribution in [0.25, 0.3) is 0 Å². The molecule has 0 radical (unpaired) electrons. The predicted octanol–water partition coefficient (Wildman–Crippen LogP) is 7.00. The molecule has 9 atom stereocenters. The zero-order valence-electron chi connectivity index (χ0n) is 30.4. The van der Waals surface area contributed by atoms with Gasteiger partial charge in [0.05, 0.1) is 0 Å². The number of hydrogen-bond donors (Lipinski definition) is 4. The zero-order chi connectivity index (χ0) is 34.3. The van der Waals surface area contributed by atoms with Gasteiger partial charge in [-0.05, 0) is 103 Å². The van der Waals surface area contributed by atoms with E-state index in [9.17, 15) is 14.4 Å². The Morgan fingerprint density at radius 1 is 0.578 bits per heavy atom. The lowest BCUT2D eigenvalue weighted by molar-refractivity contribution is -0.131. The van der Waals surface area contributed by atoms with Gasteiger partial charge in [0.15, 0.2) is 0 Å². The van der Waals surface area contributed by atoms with E-state index in [1.165, 1.54) is 25.7 Å². The van der Waals surface area contributed by atoms with Crippen molar-refractivity contribution in [3.63, 3.8) is 0 Å².